The monoisotopic (exact) mass is 321 g/mol. The van der Waals surface area contributed by atoms with Crippen molar-refractivity contribution in [2.24, 2.45) is 0 Å². The van der Waals surface area contributed by atoms with Crippen LogP contribution < -0.4 is 5.32 Å². The molecular formula is C17H19N7. The quantitative estimate of drug-likeness (QED) is 0.572. The summed E-state index contributed by atoms with van der Waals surface area (Å²) in [5.41, 5.74) is 3.17. The minimum absolute atomic E-state index is 0.619. The van der Waals surface area contributed by atoms with Gasteiger partial charge in [0.25, 0.3) is 5.78 Å². The first kappa shape index (κ1) is 14.6. The minimum Gasteiger partial charge on any atom is -0.370 e. The Hall–Kier alpha value is -2.96. The van der Waals surface area contributed by atoms with Gasteiger partial charge in [-0.05, 0) is 32.4 Å². The van der Waals surface area contributed by atoms with Gasteiger partial charge < -0.3 is 9.88 Å². The molecule has 0 amide bonds. The summed E-state index contributed by atoms with van der Waals surface area (Å²) in [5, 5.41) is 7.64. The summed E-state index contributed by atoms with van der Waals surface area (Å²) < 4.78 is 3.99. The summed E-state index contributed by atoms with van der Waals surface area (Å²) in [6.07, 6.45) is 2.51. The number of aromatic nitrogens is 6. The lowest BCUT2D eigenvalue weighted by Gasteiger charge is -2.10. The van der Waals surface area contributed by atoms with Crippen LogP contribution in [0.5, 0.6) is 0 Å². The van der Waals surface area contributed by atoms with Crippen LogP contribution in [-0.2, 0) is 6.54 Å². The van der Waals surface area contributed by atoms with E-state index in [9.17, 15) is 0 Å². The van der Waals surface area contributed by atoms with Crippen LogP contribution in [0.3, 0.4) is 0 Å². The maximum atomic E-state index is 4.61. The average Bonchev–Trinajstić information content (AvgIpc) is 3.15. The number of rotatable bonds is 5. The Bertz CT molecular complexity index is 999. The molecule has 0 aliphatic carbocycles. The van der Waals surface area contributed by atoms with Crippen molar-refractivity contribution < 1.29 is 0 Å². The van der Waals surface area contributed by atoms with Crippen LogP contribution in [0.25, 0.3) is 16.8 Å². The van der Waals surface area contributed by atoms with Crippen molar-refractivity contribution in [3.8, 4) is 0 Å². The highest BCUT2D eigenvalue weighted by molar-refractivity contribution is 5.75. The fraction of sp³-hybridized carbons (Fsp3) is 0.294. The van der Waals surface area contributed by atoms with Crippen LogP contribution in [0, 0.1) is 13.8 Å². The minimum atomic E-state index is 0.619. The van der Waals surface area contributed by atoms with E-state index in [0.717, 1.165) is 42.4 Å². The molecule has 1 N–H and O–H groups in total. The topological polar surface area (TPSA) is 72.9 Å². The number of nitrogens with one attached hydrogen (secondary N) is 1. The summed E-state index contributed by atoms with van der Waals surface area (Å²) in [4.78, 5) is 13.1. The fourth-order valence-electron chi connectivity index (χ4n) is 2.99. The molecule has 4 rings (SSSR count). The number of hydrogen-bond acceptors (Lipinski definition) is 5. The molecule has 0 radical (unpaired) electrons. The maximum absolute atomic E-state index is 4.61. The zero-order valence-corrected chi connectivity index (χ0v) is 13.8. The van der Waals surface area contributed by atoms with Crippen molar-refractivity contribution in [2.45, 2.75) is 26.8 Å². The van der Waals surface area contributed by atoms with E-state index in [1.807, 2.05) is 19.1 Å². The number of nitrogens with zero attached hydrogens (tertiary/aromatic N) is 6. The SMILES string of the molecule is Cc1cc(NCCCn2c(C)nc3ccccc32)n2ncnc2n1. The van der Waals surface area contributed by atoms with Crippen molar-refractivity contribution in [2.75, 3.05) is 11.9 Å². The Labute approximate surface area is 139 Å². The molecule has 0 atom stereocenters. The van der Waals surface area contributed by atoms with Gasteiger partial charge in [0.15, 0.2) is 0 Å². The van der Waals surface area contributed by atoms with Crippen molar-refractivity contribution in [1.82, 2.24) is 29.1 Å². The van der Waals surface area contributed by atoms with Crippen LogP contribution >= 0.6 is 0 Å². The first-order chi connectivity index (χ1) is 11.7. The molecule has 0 bridgehead atoms. The van der Waals surface area contributed by atoms with Gasteiger partial charge in [0.05, 0.1) is 11.0 Å². The lowest BCUT2D eigenvalue weighted by atomic mass is 10.3. The van der Waals surface area contributed by atoms with E-state index in [1.165, 1.54) is 11.8 Å². The third-order valence-electron chi connectivity index (χ3n) is 4.09. The number of fused-ring (bicyclic) bond motifs is 2. The molecule has 122 valence electrons. The third kappa shape index (κ3) is 2.58. The highest BCUT2D eigenvalue weighted by Gasteiger charge is 2.07. The van der Waals surface area contributed by atoms with Gasteiger partial charge in [-0.15, -0.1) is 0 Å². The lowest BCUT2D eigenvalue weighted by molar-refractivity contribution is 0.657. The van der Waals surface area contributed by atoms with E-state index in [0.29, 0.717) is 5.78 Å². The molecule has 7 heteroatoms. The zero-order chi connectivity index (χ0) is 16.5. The Morgan fingerprint density at radius 2 is 2.00 bits per heavy atom. The molecule has 0 saturated carbocycles. The standard InChI is InChI=1S/C17H19N7/c1-12-10-16(24-17(21-12)19-11-20-24)18-8-5-9-23-13(2)22-14-6-3-4-7-15(14)23/h3-4,6-7,10-11,18H,5,8-9H2,1-2H3. The average molecular weight is 321 g/mol. The first-order valence-electron chi connectivity index (χ1n) is 8.05. The number of imidazole rings is 1. The molecule has 0 spiro atoms. The van der Waals surface area contributed by atoms with Crippen LogP contribution in [0.15, 0.2) is 36.7 Å². The third-order valence-corrected chi connectivity index (χ3v) is 4.09. The number of anilines is 1. The van der Waals surface area contributed by atoms with Gasteiger partial charge in [-0.25, -0.2) is 9.97 Å². The first-order valence-corrected chi connectivity index (χ1v) is 8.05. The molecule has 0 fully saturated rings. The van der Waals surface area contributed by atoms with E-state index in [4.69, 9.17) is 0 Å². The highest BCUT2D eigenvalue weighted by Crippen LogP contribution is 2.16. The molecule has 1 aromatic carbocycles. The van der Waals surface area contributed by atoms with Gasteiger partial charge >= 0.3 is 0 Å². The summed E-state index contributed by atoms with van der Waals surface area (Å²) in [5.74, 6) is 2.59. The van der Waals surface area contributed by atoms with Crippen LogP contribution in [0.2, 0.25) is 0 Å². The highest BCUT2D eigenvalue weighted by atomic mass is 15.3. The molecule has 4 aromatic rings. The molecule has 0 aliphatic heterocycles. The van der Waals surface area contributed by atoms with E-state index >= 15 is 0 Å². The summed E-state index contributed by atoms with van der Waals surface area (Å²) in [7, 11) is 0. The smallest absolute Gasteiger partial charge is 0.254 e. The number of aryl methyl sites for hydroxylation is 3. The predicted octanol–water partition coefficient (Wildman–Crippen LogP) is 2.59. The van der Waals surface area contributed by atoms with Crippen LogP contribution in [-0.4, -0.2) is 35.7 Å². The summed E-state index contributed by atoms with van der Waals surface area (Å²) in [6.45, 7) is 5.77. The van der Waals surface area contributed by atoms with E-state index < -0.39 is 0 Å². The zero-order valence-electron chi connectivity index (χ0n) is 13.8. The van der Waals surface area contributed by atoms with E-state index in [-0.39, 0.29) is 0 Å². The normalized spacial score (nSPS) is 11.4. The lowest BCUT2D eigenvalue weighted by Crippen LogP contribution is -2.11. The molecule has 24 heavy (non-hydrogen) atoms. The molecule has 3 heterocycles. The van der Waals surface area contributed by atoms with Crippen LogP contribution in [0.1, 0.15) is 17.9 Å². The molecule has 7 nitrogen and oxygen atoms in total. The number of hydrogen-bond donors (Lipinski definition) is 1. The largest absolute Gasteiger partial charge is 0.370 e. The summed E-state index contributed by atoms with van der Waals surface area (Å²) in [6, 6.07) is 10.2. The Morgan fingerprint density at radius 3 is 2.92 bits per heavy atom. The predicted molar refractivity (Wildman–Crippen MR) is 93.1 cm³/mol. The van der Waals surface area contributed by atoms with Crippen molar-refractivity contribution in [1.29, 1.82) is 0 Å². The molecular weight excluding hydrogens is 302 g/mol. The van der Waals surface area contributed by atoms with Crippen LogP contribution in [0.4, 0.5) is 5.82 Å². The number of para-hydroxylation sites is 2. The second kappa shape index (κ2) is 5.92. The molecule has 3 aromatic heterocycles. The molecule has 0 unspecified atom stereocenters. The Balaban J connectivity index is 1.46. The van der Waals surface area contributed by atoms with Gasteiger partial charge in [-0.2, -0.15) is 14.6 Å². The molecule has 0 saturated heterocycles. The van der Waals surface area contributed by atoms with Gasteiger partial charge in [-0.1, -0.05) is 12.1 Å². The van der Waals surface area contributed by atoms with Gasteiger partial charge in [-0.3, -0.25) is 0 Å². The maximum Gasteiger partial charge on any atom is 0.254 e. The van der Waals surface area contributed by atoms with E-state index in [2.05, 4.69) is 55.1 Å². The molecule has 0 aliphatic rings. The van der Waals surface area contributed by atoms with Gasteiger partial charge in [0, 0.05) is 24.8 Å². The Morgan fingerprint density at radius 1 is 1.12 bits per heavy atom. The fourth-order valence-corrected chi connectivity index (χ4v) is 2.99. The van der Waals surface area contributed by atoms with Gasteiger partial charge in [0.2, 0.25) is 0 Å². The summed E-state index contributed by atoms with van der Waals surface area (Å²) >= 11 is 0. The van der Waals surface area contributed by atoms with Crippen molar-refractivity contribution in [3.05, 3.63) is 48.2 Å². The second-order valence-corrected chi connectivity index (χ2v) is 5.83. The van der Waals surface area contributed by atoms with Crippen molar-refractivity contribution in [3.63, 3.8) is 0 Å². The number of benzene rings is 1. The van der Waals surface area contributed by atoms with Gasteiger partial charge in [0.1, 0.15) is 18.0 Å². The van der Waals surface area contributed by atoms with E-state index in [1.54, 1.807) is 4.52 Å². The Kier molecular flexibility index (Phi) is 3.60. The van der Waals surface area contributed by atoms with Crippen molar-refractivity contribution >= 4 is 22.6 Å². The second-order valence-electron chi connectivity index (χ2n) is 5.83.